The summed E-state index contributed by atoms with van der Waals surface area (Å²) in [6, 6.07) is 3.53. The Bertz CT molecular complexity index is 404. The second kappa shape index (κ2) is 11.3. The largest absolute Gasteiger partial charge is 0.366 e. The first-order valence-electron chi connectivity index (χ1n) is 8.49. The summed E-state index contributed by atoms with van der Waals surface area (Å²) in [6.45, 7) is 2.26. The summed E-state index contributed by atoms with van der Waals surface area (Å²) in [6.07, 6.45) is 15.7. The fraction of sp³-hybridized carbons (Fsp3) is 0.667. The number of unbranched alkanes of at least 4 members (excludes halogenated alkanes) is 9. The van der Waals surface area contributed by atoms with Crippen molar-refractivity contribution >= 4 is 5.91 Å². The van der Waals surface area contributed by atoms with Crippen molar-refractivity contribution in [3.8, 4) is 0 Å². The highest BCUT2D eigenvalue weighted by molar-refractivity contribution is 5.93. The summed E-state index contributed by atoms with van der Waals surface area (Å²) in [4.78, 5) is 15.6. The lowest BCUT2D eigenvalue weighted by atomic mass is 10.0. The maximum atomic E-state index is 11.3. The molecule has 0 saturated heterocycles. The van der Waals surface area contributed by atoms with Gasteiger partial charge in [-0.3, -0.25) is 9.78 Å². The third-order valence-electron chi connectivity index (χ3n) is 3.92. The van der Waals surface area contributed by atoms with Crippen LogP contribution in [0.15, 0.2) is 18.3 Å². The molecule has 0 bridgehead atoms. The Hall–Kier alpha value is -1.38. The highest BCUT2D eigenvalue weighted by Gasteiger charge is 2.07. The zero-order valence-corrected chi connectivity index (χ0v) is 13.4. The van der Waals surface area contributed by atoms with E-state index in [1.165, 1.54) is 57.8 Å². The summed E-state index contributed by atoms with van der Waals surface area (Å²) >= 11 is 0. The molecule has 3 nitrogen and oxygen atoms in total. The van der Waals surface area contributed by atoms with Gasteiger partial charge in [0.25, 0.3) is 5.91 Å². The number of carbonyl (C=O) groups is 1. The van der Waals surface area contributed by atoms with Gasteiger partial charge in [0, 0.05) is 6.20 Å². The Morgan fingerprint density at radius 3 is 2.14 bits per heavy atom. The first kappa shape index (κ1) is 17.7. The molecule has 0 unspecified atom stereocenters. The number of carbonyl (C=O) groups excluding carboxylic acids is 1. The van der Waals surface area contributed by atoms with Crippen molar-refractivity contribution in [1.29, 1.82) is 0 Å². The zero-order chi connectivity index (χ0) is 15.3. The van der Waals surface area contributed by atoms with Crippen LogP contribution in [0.25, 0.3) is 0 Å². The molecule has 21 heavy (non-hydrogen) atoms. The molecule has 1 heterocycles. The fourth-order valence-electron chi connectivity index (χ4n) is 2.64. The molecule has 0 aliphatic carbocycles. The molecular weight excluding hydrogens is 260 g/mol. The van der Waals surface area contributed by atoms with E-state index in [1.54, 1.807) is 18.3 Å². The van der Waals surface area contributed by atoms with Crippen LogP contribution in [0.2, 0.25) is 0 Å². The maximum absolute atomic E-state index is 11.3. The number of aromatic nitrogens is 1. The van der Waals surface area contributed by atoms with Gasteiger partial charge in [-0.05, 0) is 25.0 Å². The van der Waals surface area contributed by atoms with Crippen molar-refractivity contribution in [3.05, 3.63) is 29.6 Å². The second-order valence-electron chi connectivity index (χ2n) is 5.79. The predicted octanol–water partition coefficient (Wildman–Crippen LogP) is 4.64. The lowest BCUT2D eigenvalue weighted by Gasteiger charge is -2.05. The average Bonchev–Trinajstić information content (AvgIpc) is 2.49. The van der Waals surface area contributed by atoms with E-state index >= 15 is 0 Å². The van der Waals surface area contributed by atoms with Gasteiger partial charge in [-0.25, -0.2) is 0 Å². The first-order chi connectivity index (χ1) is 10.3. The van der Waals surface area contributed by atoms with Crippen LogP contribution in [-0.4, -0.2) is 10.9 Å². The summed E-state index contributed by atoms with van der Waals surface area (Å²) in [7, 11) is 0. The Labute approximate surface area is 129 Å². The SMILES string of the molecule is CCCCCCCCCCCCc1ncccc1C(N)=O. The minimum atomic E-state index is -0.370. The van der Waals surface area contributed by atoms with Crippen LogP contribution in [0.5, 0.6) is 0 Å². The summed E-state index contributed by atoms with van der Waals surface area (Å²) in [5.41, 5.74) is 6.78. The van der Waals surface area contributed by atoms with Crippen LogP contribution < -0.4 is 5.73 Å². The van der Waals surface area contributed by atoms with Gasteiger partial charge in [0.15, 0.2) is 0 Å². The van der Waals surface area contributed by atoms with Crippen LogP contribution >= 0.6 is 0 Å². The highest BCUT2D eigenvalue weighted by Crippen LogP contribution is 2.13. The van der Waals surface area contributed by atoms with Crippen LogP contribution in [0.4, 0.5) is 0 Å². The van der Waals surface area contributed by atoms with Gasteiger partial charge >= 0.3 is 0 Å². The van der Waals surface area contributed by atoms with Crippen LogP contribution in [0, 0.1) is 0 Å². The van der Waals surface area contributed by atoms with E-state index in [1.807, 2.05) is 0 Å². The maximum Gasteiger partial charge on any atom is 0.250 e. The smallest absolute Gasteiger partial charge is 0.250 e. The molecule has 0 saturated carbocycles. The summed E-state index contributed by atoms with van der Waals surface area (Å²) in [5.74, 6) is -0.370. The van der Waals surface area contributed by atoms with Crippen molar-refractivity contribution in [2.75, 3.05) is 0 Å². The number of aryl methyl sites for hydroxylation is 1. The summed E-state index contributed by atoms with van der Waals surface area (Å²) < 4.78 is 0. The number of primary amides is 1. The molecule has 0 atom stereocenters. The van der Waals surface area contributed by atoms with Crippen LogP contribution in [0.3, 0.4) is 0 Å². The molecule has 3 heteroatoms. The topological polar surface area (TPSA) is 56.0 Å². The van der Waals surface area contributed by atoms with Gasteiger partial charge in [-0.15, -0.1) is 0 Å². The predicted molar refractivity (Wildman–Crippen MR) is 88.3 cm³/mol. The molecule has 0 aliphatic rings. The molecule has 0 aliphatic heterocycles. The lowest BCUT2D eigenvalue weighted by molar-refractivity contribution is 0.0999. The normalized spacial score (nSPS) is 10.7. The standard InChI is InChI=1S/C18H30N2O/c1-2-3-4-5-6-7-8-9-10-11-14-17-16(18(19)21)13-12-15-20-17/h12-13,15H,2-11,14H2,1H3,(H2,19,21). The van der Waals surface area contributed by atoms with E-state index in [9.17, 15) is 4.79 Å². The van der Waals surface area contributed by atoms with E-state index in [-0.39, 0.29) is 5.91 Å². The molecule has 0 aromatic carbocycles. The average molecular weight is 290 g/mol. The highest BCUT2D eigenvalue weighted by atomic mass is 16.1. The molecule has 118 valence electrons. The van der Waals surface area contributed by atoms with Crippen molar-refractivity contribution in [3.63, 3.8) is 0 Å². The van der Waals surface area contributed by atoms with Crippen molar-refractivity contribution in [1.82, 2.24) is 4.98 Å². The number of nitrogens with two attached hydrogens (primary N) is 1. The Morgan fingerprint density at radius 2 is 1.57 bits per heavy atom. The minimum absolute atomic E-state index is 0.370. The molecule has 1 amide bonds. The summed E-state index contributed by atoms with van der Waals surface area (Å²) in [5, 5.41) is 0. The lowest BCUT2D eigenvalue weighted by Crippen LogP contribution is -2.14. The number of rotatable bonds is 12. The van der Waals surface area contributed by atoms with E-state index in [0.29, 0.717) is 5.56 Å². The molecule has 0 fully saturated rings. The van der Waals surface area contributed by atoms with Gasteiger partial charge in [0.1, 0.15) is 0 Å². The molecule has 1 aromatic rings. The second-order valence-corrected chi connectivity index (χ2v) is 5.79. The fourth-order valence-corrected chi connectivity index (χ4v) is 2.64. The number of pyridine rings is 1. The number of hydrogen-bond acceptors (Lipinski definition) is 2. The Balaban J connectivity index is 2.06. The quantitative estimate of drug-likeness (QED) is 0.570. The molecule has 2 N–H and O–H groups in total. The van der Waals surface area contributed by atoms with Gasteiger partial charge < -0.3 is 5.73 Å². The van der Waals surface area contributed by atoms with Gasteiger partial charge in [-0.1, -0.05) is 64.7 Å². The van der Waals surface area contributed by atoms with Gasteiger partial charge in [0.05, 0.1) is 11.3 Å². The van der Waals surface area contributed by atoms with Crippen molar-refractivity contribution in [2.45, 2.75) is 77.6 Å². The molecule has 0 radical (unpaired) electrons. The third-order valence-corrected chi connectivity index (χ3v) is 3.92. The van der Waals surface area contributed by atoms with E-state index in [0.717, 1.165) is 18.5 Å². The molecule has 1 rings (SSSR count). The van der Waals surface area contributed by atoms with Crippen molar-refractivity contribution in [2.24, 2.45) is 5.73 Å². The number of hydrogen-bond donors (Lipinski definition) is 1. The van der Waals surface area contributed by atoms with E-state index < -0.39 is 0 Å². The molecule has 1 aromatic heterocycles. The van der Waals surface area contributed by atoms with Crippen molar-refractivity contribution < 1.29 is 4.79 Å². The molecule has 0 spiro atoms. The monoisotopic (exact) mass is 290 g/mol. The van der Waals surface area contributed by atoms with Crippen LogP contribution in [0.1, 0.15) is 87.2 Å². The third kappa shape index (κ3) is 7.84. The Kier molecular flexibility index (Phi) is 9.51. The number of amides is 1. The Morgan fingerprint density at radius 1 is 1.00 bits per heavy atom. The van der Waals surface area contributed by atoms with Gasteiger partial charge in [-0.2, -0.15) is 0 Å². The zero-order valence-electron chi connectivity index (χ0n) is 13.4. The van der Waals surface area contributed by atoms with Gasteiger partial charge in [0.2, 0.25) is 0 Å². The first-order valence-corrected chi connectivity index (χ1v) is 8.49. The van der Waals surface area contributed by atoms with E-state index in [4.69, 9.17) is 5.73 Å². The minimum Gasteiger partial charge on any atom is -0.366 e. The van der Waals surface area contributed by atoms with Crippen LogP contribution in [-0.2, 0) is 6.42 Å². The van der Waals surface area contributed by atoms with E-state index in [2.05, 4.69) is 11.9 Å². The number of nitrogens with zero attached hydrogens (tertiary/aromatic N) is 1. The molecular formula is C18H30N2O.